The van der Waals surface area contributed by atoms with Crippen molar-refractivity contribution in [1.82, 2.24) is 10.2 Å². The van der Waals surface area contributed by atoms with Crippen LogP contribution in [0.4, 0.5) is 0 Å². The second-order valence-electron chi connectivity index (χ2n) is 16.5. The van der Waals surface area contributed by atoms with Crippen LogP contribution in [-0.4, -0.2) is 76.7 Å². The topological polar surface area (TPSA) is 102 Å². The highest BCUT2D eigenvalue weighted by Gasteiger charge is 2.26. The van der Waals surface area contributed by atoms with Crippen LogP contribution in [0.2, 0.25) is 0 Å². The number of allylic oxidation sites excluding steroid dienone is 4. The van der Waals surface area contributed by atoms with Gasteiger partial charge in [0.25, 0.3) is 0 Å². The summed E-state index contributed by atoms with van der Waals surface area (Å²) in [5.41, 5.74) is 1.90. The number of ketones is 1. The molecule has 0 spiro atoms. The van der Waals surface area contributed by atoms with Gasteiger partial charge in [-0.15, -0.1) is 11.3 Å². The van der Waals surface area contributed by atoms with Gasteiger partial charge in [-0.1, -0.05) is 150 Å². The Bertz CT molecular complexity index is 1210. The average Bonchev–Trinajstić information content (AvgIpc) is 3.64. The zero-order valence-electron chi connectivity index (χ0n) is 39.1. The lowest BCUT2D eigenvalue weighted by atomic mass is 10.00. The van der Waals surface area contributed by atoms with Gasteiger partial charge in [0.1, 0.15) is 18.9 Å². The quantitative estimate of drug-likeness (QED) is 0.0303. The van der Waals surface area contributed by atoms with Crippen LogP contribution in [-0.2, 0) is 43.2 Å². The van der Waals surface area contributed by atoms with Gasteiger partial charge in [-0.3, -0.25) is 4.79 Å². The summed E-state index contributed by atoms with van der Waals surface area (Å²) in [7, 11) is 4.04. The van der Waals surface area contributed by atoms with Crippen molar-refractivity contribution in [3.8, 4) is 0 Å². The lowest BCUT2D eigenvalue weighted by Crippen LogP contribution is -2.24. The van der Waals surface area contributed by atoms with E-state index in [0.29, 0.717) is 31.7 Å². The number of thiophene rings is 1. The molecular formula is C54H102N2O6S. The van der Waals surface area contributed by atoms with Crippen LogP contribution in [0.5, 0.6) is 0 Å². The SMILES string of the molecule is C.C.C.C=O.CCCCC/C=C\C/C=C\CCCCCCCC=O.CCCCCCCCCOCCCCCCCC(=O)CCc1sc2c(c1C(=O)OCCCN(C)C)CCNC2. The van der Waals surface area contributed by atoms with Crippen molar-refractivity contribution in [2.24, 2.45) is 0 Å². The van der Waals surface area contributed by atoms with E-state index in [2.05, 4.69) is 48.4 Å². The molecule has 0 amide bonds. The van der Waals surface area contributed by atoms with Crippen molar-refractivity contribution < 1.29 is 28.7 Å². The molecule has 1 aliphatic rings. The second kappa shape index (κ2) is 52.2. The number of carbonyl (C=O) groups is 4. The first kappa shape index (κ1) is 67.1. The third-order valence-corrected chi connectivity index (χ3v) is 12.0. The number of ether oxygens (including phenoxy) is 2. The first-order valence-electron chi connectivity index (χ1n) is 24.2. The molecule has 0 fully saturated rings. The standard InChI is InChI=1S/C32H56N2O4S.C18H32O.CH2O.3CH4/c1-4-5-6-7-8-11-14-23-37-24-15-12-9-10-13-17-27(35)18-19-29-31(28-20-21-33-26-30(28)39-29)32(36)38-25-16-22-34(2)3;1-2-3-4-5-6-7-8-9-10-11-12-13-14-15-16-17-18-19;1-2;;;/h33H,4-26H2,1-3H3;6-7,9-10,18H,2-5,8,11-17H2,1H3;1H2;3*1H4/b;7-6-,10-9-;;;;. The molecule has 0 saturated carbocycles. The molecule has 0 radical (unpaired) electrons. The van der Waals surface area contributed by atoms with Crippen LogP contribution < -0.4 is 5.32 Å². The molecule has 0 atom stereocenters. The molecule has 1 N–H and O–H groups in total. The molecule has 63 heavy (non-hydrogen) atoms. The van der Waals surface area contributed by atoms with E-state index in [0.717, 1.165) is 107 Å². The van der Waals surface area contributed by atoms with Crippen LogP contribution in [0.25, 0.3) is 0 Å². The van der Waals surface area contributed by atoms with Gasteiger partial charge in [0, 0.05) is 55.3 Å². The molecule has 2 rings (SSSR count). The van der Waals surface area contributed by atoms with Gasteiger partial charge in [0.05, 0.1) is 12.2 Å². The summed E-state index contributed by atoms with van der Waals surface area (Å²) < 4.78 is 11.4. The molecule has 2 heterocycles. The maximum absolute atomic E-state index is 13.0. The number of Topliss-reactive ketones (excluding diaryl/α,β-unsaturated/α-hetero) is 1. The van der Waals surface area contributed by atoms with Crippen molar-refractivity contribution in [2.75, 3.05) is 47.0 Å². The summed E-state index contributed by atoms with van der Waals surface area (Å²) in [4.78, 5) is 48.1. The molecule has 0 aliphatic carbocycles. The molecule has 0 bridgehead atoms. The van der Waals surface area contributed by atoms with E-state index in [9.17, 15) is 14.4 Å². The van der Waals surface area contributed by atoms with Crippen LogP contribution in [0.3, 0.4) is 0 Å². The third kappa shape index (κ3) is 40.8. The van der Waals surface area contributed by atoms with Gasteiger partial charge in [-0.2, -0.15) is 0 Å². The van der Waals surface area contributed by atoms with Crippen molar-refractivity contribution >= 4 is 36.2 Å². The minimum absolute atomic E-state index is 0. The molecule has 1 aromatic rings. The Morgan fingerprint density at radius 3 is 1.78 bits per heavy atom. The number of rotatable bonds is 38. The van der Waals surface area contributed by atoms with E-state index in [1.165, 1.54) is 120 Å². The Balaban J connectivity index is -0.000000617. The molecule has 0 unspecified atom stereocenters. The number of aldehydes is 1. The Morgan fingerprint density at radius 1 is 0.667 bits per heavy atom. The molecule has 370 valence electrons. The fourth-order valence-electron chi connectivity index (χ4n) is 7.16. The first-order chi connectivity index (χ1) is 29.4. The van der Waals surface area contributed by atoms with E-state index in [4.69, 9.17) is 14.3 Å². The smallest absolute Gasteiger partial charge is 0.339 e. The van der Waals surface area contributed by atoms with Gasteiger partial charge in [0.15, 0.2) is 0 Å². The number of fused-ring (bicyclic) bond motifs is 1. The Kier molecular flexibility index (Phi) is 55.6. The third-order valence-electron chi connectivity index (χ3n) is 10.7. The van der Waals surface area contributed by atoms with E-state index in [1.54, 1.807) is 11.3 Å². The van der Waals surface area contributed by atoms with Gasteiger partial charge in [0.2, 0.25) is 0 Å². The van der Waals surface area contributed by atoms with Gasteiger partial charge < -0.3 is 29.3 Å². The number of nitrogens with zero attached hydrogens (tertiary/aromatic N) is 1. The van der Waals surface area contributed by atoms with Crippen molar-refractivity contribution in [3.63, 3.8) is 0 Å². The first-order valence-corrected chi connectivity index (χ1v) is 25.0. The molecule has 9 heteroatoms. The number of unbranched alkanes of at least 4 members (excludes halogenated alkanes) is 19. The zero-order valence-corrected chi connectivity index (χ0v) is 40.0. The molecule has 1 aliphatic heterocycles. The number of hydrogen-bond acceptors (Lipinski definition) is 9. The largest absolute Gasteiger partial charge is 0.462 e. The van der Waals surface area contributed by atoms with E-state index < -0.39 is 0 Å². The lowest BCUT2D eigenvalue weighted by molar-refractivity contribution is -0.119. The Hall–Kier alpha value is -2.46. The predicted octanol–water partition coefficient (Wildman–Crippen LogP) is 14.8. The molecular weight excluding hydrogens is 805 g/mol. The van der Waals surface area contributed by atoms with Crippen molar-refractivity contribution in [1.29, 1.82) is 0 Å². The maximum Gasteiger partial charge on any atom is 0.339 e. The molecule has 0 saturated heterocycles. The number of aryl methyl sites for hydroxylation is 1. The van der Waals surface area contributed by atoms with Gasteiger partial charge in [-0.05, 0) is 103 Å². The summed E-state index contributed by atoms with van der Waals surface area (Å²) in [5.74, 6) is 0.102. The summed E-state index contributed by atoms with van der Waals surface area (Å²) >= 11 is 1.69. The van der Waals surface area contributed by atoms with E-state index >= 15 is 0 Å². The average molecular weight is 907 g/mol. The van der Waals surface area contributed by atoms with Crippen LogP contribution in [0, 0.1) is 0 Å². The van der Waals surface area contributed by atoms with Gasteiger partial charge in [-0.25, -0.2) is 4.79 Å². The minimum atomic E-state index is -0.206. The number of hydrogen-bond donors (Lipinski definition) is 1. The van der Waals surface area contributed by atoms with Crippen molar-refractivity contribution in [2.45, 2.75) is 229 Å². The van der Waals surface area contributed by atoms with Crippen LogP contribution >= 0.6 is 11.3 Å². The fraction of sp³-hybridized carbons (Fsp3) is 0.778. The highest BCUT2D eigenvalue weighted by Crippen LogP contribution is 2.33. The Labute approximate surface area is 394 Å². The molecule has 1 aromatic heterocycles. The highest BCUT2D eigenvalue weighted by molar-refractivity contribution is 7.12. The monoisotopic (exact) mass is 907 g/mol. The summed E-state index contributed by atoms with van der Waals surface area (Å²) in [5, 5.41) is 3.40. The lowest BCUT2D eigenvalue weighted by Gasteiger charge is -2.14. The van der Waals surface area contributed by atoms with E-state index in [1.807, 2.05) is 20.9 Å². The van der Waals surface area contributed by atoms with Crippen LogP contribution in [0.15, 0.2) is 24.3 Å². The number of esters is 1. The molecule has 8 nitrogen and oxygen atoms in total. The van der Waals surface area contributed by atoms with E-state index in [-0.39, 0.29) is 28.2 Å². The molecule has 0 aromatic carbocycles. The fourth-order valence-corrected chi connectivity index (χ4v) is 8.47. The normalized spacial score (nSPS) is 11.7. The minimum Gasteiger partial charge on any atom is -0.462 e. The summed E-state index contributed by atoms with van der Waals surface area (Å²) in [6.07, 6.45) is 42.9. The maximum atomic E-state index is 13.0. The number of carbonyl (C=O) groups excluding carboxylic acids is 4. The zero-order chi connectivity index (χ0) is 44.2. The second-order valence-corrected chi connectivity index (χ2v) is 17.7. The number of nitrogens with one attached hydrogen (secondary N) is 1. The van der Waals surface area contributed by atoms with Crippen LogP contribution in [0.1, 0.15) is 235 Å². The Morgan fingerprint density at radius 2 is 1.19 bits per heavy atom. The van der Waals surface area contributed by atoms with Gasteiger partial charge >= 0.3 is 5.97 Å². The summed E-state index contributed by atoms with van der Waals surface area (Å²) in [6, 6.07) is 0. The summed E-state index contributed by atoms with van der Waals surface area (Å²) in [6.45, 7) is 11.3. The highest BCUT2D eigenvalue weighted by atomic mass is 32.1. The van der Waals surface area contributed by atoms with Crippen molar-refractivity contribution in [3.05, 3.63) is 45.2 Å². The predicted molar refractivity (Wildman–Crippen MR) is 276 cm³/mol.